The molecule has 0 radical (unpaired) electrons. The van der Waals surface area contributed by atoms with Crippen LogP contribution in [0.2, 0.25) is 0 Å². The number of allylic oxidation sites excluding steroid dienone is 1. The van der Waals surface area contributed by atoms with Gasteiger partial charge in [-0.15, -0.1) is 0 Å². The van der Waals surface area contributed by atoms with Gasteiger partial charge in [-0.3, -0.25) is 4.90 Å². The number of carbonyl (C=O) groups is 1. The van der Waals surface area contributed by atoms with Gasteiger partial charge in [-0.25, -0.2) is 0 Å². The fraction of sp³-hybridized carbons (Fsp3) is 0.438. The molecule has 0 N–H and O–H groups in total. The maximum atomic E-state index is 11.0. The topological polar surface area (TPSA) is 20.3 Å². The number of hydrogen-bond donors (Lipinski definition) is 0. The van der Waals surface area contributed by atoms with E-state index < -0.39 is 0 Å². The fourth-order valence-corrected chi connectivity index (χ4v) is 1.89. The quantitative estimate of drug-likeness (QED) is 0.542. The van der Waals surface area contributed by atoms with E-state index >= 15 is 0 Å². The molecule has 0 aromatic heterocycles. The van der Waals surface area contributed by atoms with Gasteiger partial charge in [-0.2, -0.15) is 0 Å². The second-order valence-electron chi connectivity index (χ2n) is 5.33. The molecule has 0 heterocycles. The second-order valence-corrected chi connectivity index (χ2v) is 5.33. The lowest BCUT2D eigenvalue weighted by Crippen LogP contribution is -2.35. The Morgan fingerprint density at radius 1 is 1.22 bits per heavy atom. The number of aldehydes is 1. The van der Waals surface area contributed by atoms with E-state index in [1.165, 1.54) is 5.56 Å². The average molecular weight is 245 g/mol. The summed E-state index contributed by atoms with van der Waals surface area (Å²) in [6.45, 7) is 8.51. The van der Waals surface area contributed by atoms with E-state index in [0.717, 1.165) is 25.9 Å². The van der Waals surface area contributed by atoms with Crippen molar-refractivity contribution in [2.75, 3.05) is 13.1 Å². The fourth-order valence-electron chi connectivity index (χ4n) is 1.89. The Labute approximate surface area is 110 Å². The van der Waals surface area contributed by atoms with Gasteiger partial charge in [0.25, 0.3) is 0 Å². The first-order valence-electron chi connectivity index (χ1n) is 6.41. The van der Waals surface area contributed by atoms with E-state index in [1.54, 1.807) is 0 Å². The first kappa shape index (κ1) is 14.7. The van der Waals surface area contributed by atoms with Crippen molar-refractivity contribution in [3.63, 3.8) is 0 Å². The van der Waals surface area contributed by atoms with Crippen LogP contribution in [-0.4, -0.2) is 24.3 Å². The Bertz CT molecular complexity index is 381. The van der Waals surface area contributed by atoms with Gasteiger partial charge in [0.1, 0.15) is 6.29 Å². The van der Waals surface area contributed by atoms with Crippen LogP contribution in [0.1, 0.15) is 26.3 Å². The van der Waals surface area contributed by atoms with E-state index in [4.69, 9.17) is 0 Å². The Morgan fingerprint density at radius 3 is 2.44 bits per heavy atom. The molecule has 0 aliphatic heterocycles. The Balaban J connectivity index is 2.69. The molecule has 0 fully saturated rings. The number of benzene rings is 1. The first-order chi connectivity index (χ1) is 8.57. The van der Waals surface area contributed by atoms with Gasteiger partial charge in [-0.05, 0) is 12.5 Å². The molecule has 2 heteroatoms. The van der Waals surface area contributed by atoms with Crippen molar-refractivity contribution in [3.8, 4) is 0 Å². The van der Waals surface area contributed by atoms with Gasteiger partial charge in [-0.1, -0.05) is 56.3 Å². The van der Waals surface area contributed by atoms with Crippen molar-refractivity contribution in [1.29, 1.82) is 0 Å². The monoisotopic (exact) mass is 245 g/mol. The van der Waals surface area contributed by atoms with Crippen molar-refractivity contribution < 1.29 is 4.79 Å². The molecule has 0 aliphatic rings. The van der Waals surface area contributed by atoms with Crippen LogP contribution in [0.5, 0.6) is 0 Å². The third-order valence-electron chi connectivity index (χ3n) is 2.80. The molecule has 0 bridgehead atoms. The third-order valence-corrected chi connectivity index (χ3v) is 2.80. The highest BCUT2D eigenvalue weighted by atomic mass is 16.1. The molecule has 0 atom stereocenters. The van der Waals surface area contributed by atoms with Gasteiger partial charge in [0.2, 0.25) is 0 Å². The first-order valence-corrected chi connectivity index (χ1v) is 6.41. The zero-order chi connectivity index (χ0) is 13.4. The summed E-state index contributed by atoms with van der Waals surface area (Å²) < 4.78 is 0. The molecule has 0 saturated heterocycles. The van der Waals surface area contributed by atoms with Crippen molar-refractivity contribution in [3.05, 3.63) is 48.0 Å². The maximum absolute atomic E-state index is 11.0. The van der Waals surface area contributed by atoms with Gasteiger partial charge < -0.3 is 4.79 Å². The molecule has 2 nitrogen and oxygen atoms in total. The summed E-state index contributed by atoms with van der Waals surface area (Å²) in [5.41, 5.74) is 0.986. The van der Waals surface area contributed by atoms with Crippen LogP contribution in [0, 0.1) is 5.41 Å². The molecule has 0 unspecified atom stereocenters. The minimum absolute atomic E-state index is 0.295. The zero-order valence-corrected chi connectivity index (χ0v) is 11.6. The molecule has 1 aromatic rings. The molecule has 0 spiro atoms. The van der Waals surface area contributed by atoms with Gasteiger partial charge in [0, 0.05) is 25.0 Å². The van der Waals surface area contributed by atoms with Crippen LogP contribution >= 0.6 is 0 Å². The molecular weight excluding hydrogens is 222 g/mol. The van der Waals surface area contributed by atoms with Crippen molar-refractivity contribution in [2.24, 2.45) is 5.41 Å². The Hall–Kier alpha value is -1.41. The molecule has 1 rings (SSSR count). The number of carbonyl (C=O) groups excluding carboxylic acids is 1. The van der Waals surface area contributed by atoms with Crippen LogP contribution in [0.25, 0.3) is 0 Å². The van der Waals surface area contributed by atoms with E-state index in [0.29, 0.717) is 0 Å². The maximum Gasteiger partial charge on any atom is 0.126 e. The lowest BCUT2D eigenvalue weighted by atomic mass is 9.95. The highest BCUT2D eigenvalue weighted by Crippen LogP contribution is 2.15. The summed E-state index contributed by atoms with van der Waals surface area (Å²) in [6, 6.07) is 10.4. The largest absolute Gasteiger partial charge is 0.303 e. The highest BCUT2D eigenvalue weighted by molar-refractivity contribution is 5.58. The summed E-state index contributed by atoms with van der Waals surface area (Å²) >= 11 is 0. The number of hydrogen-bond acceptors (Lipinski definition) is 2. The molecule has 98 valence electrons. The van der Waals surface area contributed by atoms with E-state index in [-0.39, 0.29) is 5.41 Å². The van der Waals surface area contributed by atoms with Gasteiger partial charge in [0.15, 0.2) is 0 Å². The van der Waals surface area contributed by atoms with Crippen molar-refractivity contribution >= 4 is 6.29 Å². The minimum atomic E-state index is -0.295. The zero-order valence-electron chi connectivity index (χ0n) is 11.6. The molecule has 0 amide bonds. The van der Waals surface area contributed by atoms with Crippen molar-refractivity contribution in [1.82, 2.24) is 4.90 Å². The second kappa shape index (κ2) is 7.12. The van der Waals surface area contributed by atoms with Crippen LogP contribution in [-0.2, 0) is 11.3 Å². The lowest BCUT2D eigenvalue weighted by Gasteiger charge is -2.28. The third kappa shape index (κ3) is 5.28. The summed E-state index contributed by atoms with van der Waals surface area (Å²) in [4.78, 5) is 13.3. The van der Waals surface area contributed by atoms with Crippen LogP contribution in [0.3, 0.4) is 0 Å². The summed E-state index contributed by atoms with van der Waals surface area (Å²) in [7, 11) is 0. The molecule has 0 saturated carbocycles. The van der Waals surface area contributed by atoms with Crippen LogP contribution < -0.4 is 0 Å². The molecule has 0 aliphatic carbocycles. The number of rotatable bonds is 7. The summed E-state index contributed by atoms with van der Waals surface area (Å²) in [5.74, 6) is 0. The molecular formula is C16H23NO. The van der Waals surface area contributed by atoms with E-state index in [2.05, 4.69) is 23.1 Å². The van der Waals surface area contributed by atoms with Crippen LogP contribution in [0.4, 0.5) is 0 Å². The van der Waals surface area contributed by atoms with Crippen LogP contribution in [0.15, 0.2) is 42.5 Å². The van der Waals surface area contributed by atoms with Gasteiger partial charge >= 0.3 is 0 Å². The summed E-state index contributed by atoms with van der Waals surface area (Å²) in [5, 5.41) is 0. The molecule has 18 heavy (non-hydrogen) atoms. The molecule has 1 aromatic carbocycles. The van der Waals surface area contributed by atoms with E-state index in [9.17, 15) is 4.79 Å². The highest BCUT2D eigenvalue weighted by Gasteiger charge is 2.20. The SMILES string of the molecule is C/C=C/CN(Cc1ccccc1)CC(C)(C)C=O. The smallest absolute Gasteiger partial charge is 0.126 e. The predicted octanol–water partition coefficient (Wildman–Crippen LogP) is 3.29. The lowest BCUT2D eigenvalue weighted by molar-refractivity contribution is -0.115. The number of nitrogens with zero attached hydrogens (tertiary/aromatic N) is 1. The normalized spacial score (nSPS) is 12.2. The van der Waals surface area contributed by atoms with E-state index in [1.807, 2.05) is 45.0 Å². The minimum Gasteiger partial charge on any atom is -0.303 e. The van der Waals surface area contributed by atoms with Gasteiger partial charge in [0.05, 0.1) is 0 Å². The Morgan fingerprint density at radius 2 is 1.89 bits per heavy atom. The summed E-state index contributed by atoms with van der Waals surface area (Å²) in [6.07, 6.45) is 5.22. The standard InChI is InChI=1S/C16H23NO/c1-4-5-11-17(13-16(2,3)14-18)12-15-9-7-6-8-10-15/h4-10,14H,11-13H2,1-3H3/b5-4+. The Kier molecular flexibility index (Phi) is 5.79. The predicted molar refractivity (Wildman–Crippen MR) is 76.4 cm³/mol. The van der Waals surface area contributed by atoms with Crippen molar-refractivity contribution in [2.45, 2.75) is 27.3 Å². The average Bonchev–Trinajstić information content (AvgIpc) is 2.37.